The number of carbonyl (C=O) groups is 1. The lowest BCUT2D eigenvalue weighted by Gasteiger charge is -2.33. The van der Waals surface area contributed by atoms with Crippen LogP contribution in [-0.2, 0) is 17.8 Å². The lowest BCUT2D eigenvalue weighted by molar-refractivity contribution is -0.121. The first-order chi connectivity index (χ1) is 10.7. The SMILES string of the molecule is C[C@H](CNC(=O)C[C@@H]1C=CCC1)N1CCc2ccccc2C1. The van der Waals surface area contributed by atoms with Crippen molar-refractivity contribution < 1.29 is 4.79 Å². The predicted molar refractivity (Wildman–Crippen MR) is 89.5 cm³/mol. The van der Waals surface area contributed by atoms with E-state index < -0.39 is 0 Å². The molecule has 3 heteroatoms. The molecule has 0 unspecified atom stereocenters. The third kappa shape index (κ3) is 3.77. The zero-order valence-electron chi connectivity index (χ0n) is 13.4. The highest BCUT2D eigenvalue weighted by atomic mass is 16.1. The van der Waals surface area contributed by atoms with Crippen molar-refractivity contribution in [2.24, 2.45) is 5.92 Å². The summed E-state index contributed by atoms with van der Waals surface area (Å²) in [5.74, 6) is 0.651. The minimum absolute atomic E-state index is 0.195. The van der Waals surface area contributed by atoms with Gasteiger partial charge in [0.15, 0.2) is 0 Å². The number of rotatable bonds is 5. The van der Waals surface area contributed by atoms with E-state index in [1.807, 2.05) is 0 Å². The van der Waals surface area contributed by atoms with Gasteiger partial charge in [0.25, 0.3) is 0 Å². The van der Waals surface area contributed by atoms with Crippen LogP contribution in [-0.4, -0.2) is 29.9 Å². The summed E-state index contributed by atoms with van der Waals surface area (Å²) in [6, 6.07) is 9.07. The topological polar surface area (TPSA) is 32.3 Å². The van der Waals surface area contributed by atoms with E-state index in [1.165, 1.54) is 11.1 Å². The lowest BCUT2D eigenvalue weighted by atomic mass is 9.99. The summed E-state index contributed by atoms with van der Waals surface area (Å²) < 4.78 is 0. The molecule has 1 amide bonds. The molecule has 0 spiro atoms. The molecule has 22 heavy (non-hydrogen) atoms. The first-order valence-corrected chi connectivity index (χ1v) is 8.46. The molecule has 1 aromatic carbocycles. The van der Waals surface area contributed by atoms with Crippen LogP contribution in [0.25, 0.3) is 0 Å². The number of nitrogens with one attached hydrogen (secondary N) is 1. The second kappa shape index (κ2) is 7.10. The van der Waals surface area contributed by atoms with Crippen molar-refractivity contribution in [1.82, 2.24) is 10.2 Å². The van der Waals surface area contributed by atoms with Crippen LogP contribution in [0, 0.1) is 5.92 Å². The highest BCUT2D eigenvalue weighted by Gasteiger charge is 2.21. The van der Waals surface area contributed by atoms with E-state index in [0.717, 1.165) is 38.9 Å². The number of amides is 1. The Morgan fingerprint density at radius 1 is 1.36 bits per heavy atom. The second-order valence-electron chi connectivity index (χ2n) is 6.61. The first-order valence-electron chi connectivity index (χ1n) is 8.46. The summed E-state index contributed by atoms with van der Waals surface area (Å²) >= 11 is 0. The first kappa shape index (κ1) is 15.3. The summed E-state index contributed by atoms with van der Waals surface area (Å²) in [5.41, 5.74) is 2.91. The van der Waals surface area contributed by atoms with Crippen LogP contribution in [0.3, 0.4) is 0 Å². The van der Waals surface area contributed by atoms with Crippen molar-refractivity contribution in [1.29, 1.82) is 0 Å². The number of carbonyl (C=O) groups excluding carboxylic acids is 1. The van der Waals surface area contributed by atoms with Crippen LogP contribution < -0.4 is 5.32 Å². The van der Waals surface area contributed by atoms with Crippen molar-refractivity contribution in [3.8, 4) is 0 Å². The van der Waals surface area contributed by atoms with Crippen LogP contribution >= 0.6 is 0 Å². The van der Waals surface area contributed by atoms with Crippen LogP contribution in [0.2, 0.25) is 0 Å². The number of hydrogen-bond acceptors (Lipinski definition) is 2. The average Bonchev–Trinajstić information content (AvgIpc) is 3.05. The van der Waals surface area contributed by atoms with Crippen LogP contribution in [0.5, 0.6) is 0 Å². The van der Waals surface area contributed by atoms with Crippen molar-refractivity contribution >= 4 is 5.91 Å². The van der Waals surface area contributed by atoms with Crippen LogP contribution in [0.1, 0.15) is 37.3 Å². The van der Waals surface area contributed by atoms with Gasteiger partial charge in [-0.05, 0) is 43.2 Å². The summed E-state index contributed by atoms with van der Waals surface area (Å²) in [4.78, 5) is 14.5. The average molecular weight is 298 g/mol. The molecule has 1 aromatic rings. The zero-order valence-corrected chi connectivity index (χ0v) is 13.4. The molecule has 2 atom stereocenters. The maximum absolute atomic E-state index is 12.0. The summed E-state index contributed by atoms with van der Waals surface area (Å²) in [6.07, 6.45) is 8.39. The Morgan fingerprint density at radius 3 is 2.95 bits per heavy atom. The highest BCUT2D eigenvalue weighted by Crippen LogP contribution is 2.21. The summed E-state index contributed by atoms with van der Waals surface area (Å²) in [6.45, 7) is 5.04. The van der Waals surface area contributed by atoms with Gasteiger partial charge in [0.1, 0.15) is 0 Å². The third-order valence-corrected chi connectivity index (χ3v) is 4.94. The number of nitrogens with zero attached hydrogens (tertiary/aromatic N) is 1. The molecular weight excluding hydrogens is 272 g/mol. The molecule has 1 aliphatic carbocycles. The number of hydrogen-bond donors (Lipinski definition) is 1. The molecule has 3 nitrogen and oxygen atoms in total. The highest BCUT2D eigenvalue weighted by molar-refractivity contribution is 5.76. The Labute approximate surface area is 133 Å². The molecule has 1 heterocycles. The zero-order chi connectivity index (χ0) is 15.4. The molecule has 1 aliphatic heterocycles. The Kier molecular flexibility index (Phi) is 4.94. The van der Waals surface area contributed by atoms with Crippen molar-refractivity contribution in [3.63, 3.8) is 0 Å². The molecule has 2 aliphatic rings. The maximum atomic E-state index is 12.0. The van der Waals surface area contributed by atoms with Gasteiger partial charge in [0.2, 0.25) is 5.91 Å². The molecule has 0 aromatic heterocycles. The molecule has 0 saturated carbocycles. The Bertz CT molecular complexity index is 552. The van der Waals surface area contributed by atoms with Gasteiger partial charge in [0.05, 0.1) is 0 Å². The fourth-order valence-corrected chi connectivity index (χ4v) is 3.46. The summed E-state index contributed by atoms with van der Waals surface area (Å²) in [5, 5.41) is 3.12. The standard InChI is InChI=1S/C19H26N2O/c1-15(13-20-19(22)12-16-6-2-3-7-16)21-11-10-17-8-4-5-9-18(17)14-21/h2,4-6,8-9,15-16H,3,7,10-14H2,1H3,(H,20,22)/t15-,16-/m1/s1. The molecule has 118 valence electrons. The quantitative estimate of drug-likeness (QED) is 0.848. The van der Waals surface area contributed by atoms with Gasteiger partial charge in [-0.25, -0.2) is 0 Å². The lowest BCUT2D eigenvalue weighted by Crippen LogP contribution is -2.44. The molecule has 3 rings (SSSR count). The maximum Gasteiger partial charge on any atom is 0.220 e. The van der Waals surface area contributed by atoms with Crippen LogP contribution in [0.4, 0.5) is 0 Å². The second-order valence-corrected chi connectivity index (χ2v) is 6.61. The Hall–Kier alpha value is -1.61. The molecular formula is C19H26N2O. The number of allylic oxidation sites excluding steroid dienone is 2. The van der Waals surface area contributed by atoms with E-state index in [4.69, 9.17) is 0 Å². The minimum atomic E-state index is 0.195. The van der Waals surface area contributed by atoms with Crippen molar-refractivity contribution in [3.05, 3.63) is 47.5 Å². The molecule has 0 radical (unpaired) electrons. The third-order valence-electron chi connectivity index (χ3n) is 4.94. The number of fused-ring (bicyclic) bond motifs is 1. The molecule has 1 N–H and O–H groups in total. The van der Waals surface area contributed by atoms with Crippen LogP contribution in [0.15, 0.2) is 36.4 Å². The van der Waals surface area contributed by atoms with E-state index >= 15 is 0 Å². The molecule has 0 bridgehead atoms. The van der Waals surface area contributed by atoms with Gasteiger partial charge in [-0.2, -0.15) is 0 Å². The van der Waals surface area contributed by atoms with Gasteiger partial charge in [0, 0.05) is 32.1 Å². The van der Waals surface area contributed by atoms with Crippen molar-refractivity contribution in [2.75, 3.05) is 13.1 Å². The van der Waals surface area contributed by atoms with E-state index in [0.29, 0.717) is 18.4 Å². The van der Waals surface area contributed by atoms with E-state index in [-0.39, 0.29) is 5.91 Å². The normalized spacial score (nSPS) is 22.3. The van der Waals surface area contributed by atoms with Crippen molar-refractivity contribution in [2.45, 2.75) is 45.2 Å². The Morgan fingerprint density at radius 2 is 2.18 bits per heavy atom. The van der Waals surface area contributed by atoms with Gasteiger partial charge < -0.3 is 5.32 Å². The fourth-order valence-electron chi connectivity index (χ4n) is 3.46. The molecule has 0 fully saturated rings. The van der Waals surface area contributed by atoms with E-state index in [1.54, 1.807) is 0 Å². The molecule has 0 saturated heterocycles. The van der Waals surface area contributed by atoms with E-state index in [2.05, 4.69) is 53.6 Å². The van der Waals surface area contributed by atoms with Gasteiger partial charge in [-0.15, -0.1) is 0 Å². The van der Waals surface area contributed by atoms with Gasteiger partial charge >= 0.3 is 0 Å². The van der Waals surface area contributed by atoms with Gasteiger partial charge in [-0.3, -0.25) is 9.69 Å². The Balaban J connectivity index is 1.45. The fraction of sp³-hybridized carbons (Fsp3) is 0.526. The largest absolute Gasteiger partial charge is 0.355 e. The summed E-state index contributed by atoms with van der Waals surface area (Å²) in [7, 11) is 0. The number of benzene rings is 1. The smallest absolute Gasteiger partial charge is 0.220 e. The minimum Gasteiger partial charge on any atom is -0.355 e. The van der Waals surface area contributed by atoms with Gasteiger partial charge in [-0.1, -0.05) is 36.4 Å². The van der Waals surface area contributed by atoms with E-state index in [9.17, 15) is 4.79 Å². The monoisotopic (exact) mass is 298 g/mol. The predicted octanol–water partition coefficient (Wildman–Crippen LogP) is 2.91.